The SMILES string of the molecule is CCCn1c(=O)[nH]c(=O)c2c(C(=O)NCC(C3CCOC3)N3CCOCC3)cc(C(C)C)nc21. The van der Waals surface area contributed by atoms with Crippen LogP contribution in [0.2, 0.25) is 0 Å². The molecule has 186 valence electrons. The maximum absolute atomic E-state index is 13.5. The van der Waals surface area contributed by atoms with E-state index in [4.69, 9.17) is 9.47 Å². The van der Waals surface area contributed by atoms with E-state index in [0.29, 0.717) is 50.9 Å². The van der Waals surface area contributed by atoms with E-state index < -0.39 is 11.2 Å². The molecule has 0 bridgehead atoms. The van der Waals surface area contributed by atoms with Crippen molar-refractivity contribution in [3.8, 4) is 0 Å². The number of carbonyl (C=O) groups excluding carboxylic acids is 1. The van der Waals surface area contributed by atoms with Crippen LogP contribution in [0.25, 0.3) is 11.0 Å². The number of amides is 1. The molecule has 2 aromatic rings. The smallest absolute Gasteiger partial charge is 0.329 e. The van der Waals surface area contributed by atoms with Crippen LogP contribution in [-0.2, 0) is 16.0 Å². The van der Waals surface area contributed by atoms with Gasteiger partial charge in [0.15, 0.2) is 5.65 Å². The standard InChI is InChI=1S/C24H35N5O5/c1-4-6-29-21-20(23(31)27-24(29)32)17(12-18(26-21)15(2)3)22(30)25-13-19(16-5-9-34-14-16)28-7-10-33-11-8-28/h12,15-16,19H,4-11,13-14H2,1-3H3,(H,25,30)(H,27,31,32). The fourth-order valence-corrected chi connectivity index (χ4v) is 4.85. The largest absolute Gasteiger partial charge is 0.381 e. The summed E-state index contributed by atoms with van der Waals surface area (Å²) in [5.41, 5.74) is 0.0902. The van der Waals surface area contributed by atoms with Gasteiger partial charge in [-0.3, -0.25) is 24.0 Å². The highest BCUT2D eigenvalue weighted by Gasteiger charge is 2.32. The van der Waals surface area contributed by atoms with Crippen LogP contribution in [0.5, 0.6) is 0 Å². The number of nitrogens with one attached hydrogen (secondary N) is 2. The summed E-state index contributed by atoms with van der Waals surface area (Å²) in [6.45, 7) is 11.1. The number of carbonyl (C=O) groups is 1. The van der Waals surface area contributed by atoms with Crippen LogP contribution in [-0.4, -0.2) is 77.4 Å². The van der Waals surface area contributed by atoms with Gasteiger partial charge in [-0.15, -0.1) is 0 Å². The quantitative estimate of drug-likeness (QED) is 0.589. The Kier molecular flexibility index (Phi) is 7.80. The van der Waals surface area contributed by atoms with Gasteiger partial charge in [-0.1, -0.05) is 20.8 Å². The molecule has 10 nitrogen and oxygen atoms in total. The average molecular weight is 474 g/mol. The fraction of sp³-hybridized carbons (Fsp3) is 0.667. The highest BCUT2D eigenvalue weighted by Crippen LogP contribution is 2.23. The number of H-pyrrole nitrogens is 1. The maximum Gasteiger partial charge on any atom is 0.329 e. The van der Waals surface area contributed by atoms with Crippen molar-refractivity contribution < 1.29 is 14.3 Å². The van der Waals surface area contributed by atoms with Crippen molar-refractivity contribution in [2.24, 2.45) is 5.92 Å². The molecule has 2 fully saturated rings. The van der Waals surface area contributed by atoms with Gasteiger partial charge in [0.1, 0.15) is 0 Å². The van der Waals surface area contributed by atoms with E-state index >= 15 is 0 Å². The number of aryl methyl sites for hydroxylation is 1. The first-order chi connectivity index (χ1) is 16.4. The van der Waals surface area contributed by atoms with Crippen molar-refractivity contribution in [1.29, 1.82) is 0 Å². The Balaban J connectivity index is 1.68. The highest BCUT2D eigenvalue weighted by molar-refractivity contribution is 6.05. The van der Waals surface area contributed by atoms with Gasteiger partial charge in [-0.05, 0) is 24.8 Å². The molecular weight excluding hydrogens is 438 g/mol. The van der Waals surface area contributed by atoms with E-state index in [-0.39, 0.29) is 34.5 Å². The molecule has 2 saturated heterocycles. The summed E-state index contributed by atoms with van der Waals surface area (Å²) in [6, 6.07) is 1.81. The Labute approximate surface area is 198 Å². The molecule has 2 unspecified atom stereocenters. The van der Waals surface area contributed by atoms with Crippen LogP contribution in [0.3, 0.4) is 0 Å². The molecule has 2 atom stereocenters. The summed E-state index contributed by atoms with van der Waals surface area (Å²) in [5, 5.41) is 3.23. The molecule has 34 heavy (non-hydrogen) atoms. The molecule has 2 aliphatic rings. The highest BCUT2D eigenvalue weighted by atomic mass is 16.5. The summed E-state index contributed by atoms with van der Waals surface area (Å²) in [5.74, 6) is 0.0211. The van der Waals surface area contributed by atoms with Gasteiger partial charge in [-0.2, -0.15) is 0 Å². The zero-order chi connectivity index (χ0) is 24.2. The van der Waals surface area contributed by atoms with E-state index in [1.165, 1.54) is 4.57 Å². The number of aromatic nitrogens is 3. The molecule has 2 aromatic heterocycles. The van der Waals surface area contributed by atoms with E-state index in [0.717, 1.165) is 26.1 Å². The first kappa shape index (κ1) is 24.6. The molecule has 4 heterocycles. The van der Waals surface area contributed by atoms with E-state index in [1.54, 1.807) is 6.07 Å². The molecule has 1 amide bonds. The molecule has 0 saturated carbocycles. The molecule has 0 spiro atoms. The van der Waals surface area contributed by atoms with Gasteiger partial charge in [0, 0.05) is 50.4 Å². The first-order valence-electron chi connectivity index (χ1n) is 12.3. The van der Waals surface area contributed by atoms with Gasteiger partial charge in [0.25, 0.3) is 11.5 Å². The third-order valence-electron chi connectivity index (χ3n) is 6.75. The lowest BCUT2D eigenvalue weighted by Gasteiger charge is -2.37. The Bertz CT molecular complexity index is 1130. The van der Waals surface area contributed by atoms with Gasteiger partial charge in [0.05, 0.1) is 30.8 Å². The topological polar surface area (TPSA) is 119 Å². The second kappa shape index (κ2) is 10.8. The number of hydrogen-bond donors (Lipinski definition) is 2. The van der Waals surface area contributed by atoms with Crippen LogP contribution < -0.4 is 16.6 Å². The third kappa shape index (κ3) is 5.08. The lowest BCUT2D eigenvalue weighted by Crippen LogP contribution is -2.52. The average Bonchev–Trinajstić information content (AvgIpc) is 3.36. The van der Waals surface area contributed by atoms with E-state index in [2.05, 4.69) is 20.2 Å². The molecule has 4 rings (SSSR count). The number of aromatic amines is 1. The minimum absolute atomic E-state index is 0.0251. The van der Waals surface area contributed by atoms with Crippen LogP contribution in [0.15, 0.2) is 15.7 Å². The monoisotopic (exact) mass is 473 g/mol. The minimum Gasteiger partial charge on any atom is -0.381 e. The molecular formula is C24H35N5O5. The Morgan fingerprint density at radius 1 is 1.24 bits per heavy atom. The van der Waals surface area contributed by atoms with Crippen molar-refractivity contribution in [1.82, 2.24) is 24.8 Å². The maximum atomic E-state index is 13.5. The van der Waals surface area contributed by atoms with Gasteiger partial charge in [0.2, 0.25) is 0 Å². The van der Waals surface area contributed by atoms with Crippen molar-refractivity contribution >= 4 is 16.9 Å². The number of fused-ring (bicyclic) bond motifs is 1. The van der Waals surface area contributed by atoms with Crippen LogP contribution in [0.4, 0.5) is 0 Å². The van der Waals surface area contributed by atoms with Gasteiger partial charge in [-0.25, -0.2) is 9.78 Å². The molecule has 0 radical (unpaired) electrons. The zero-order valence-electron chi connectivity index (χ0n) is 20.3. The Hall–Kier alpha value is -2.56. The first-order valence-corrected chi connectivity index (χ1v) is 12.3. The van der Waals surface area contributed by atoms with Crippen molar-refractivity contribution in [3.05, 3.63) is 38.2 Å². The predicted octanol–water partition coefficient (Wildman–Crippen LogP) is 1.09. The second-order valence-corrected chi connectivity index (χ2v) is 9.41. The van der Waals surface area contributed by atoms with Gasteiger partial charge >= 0.3 is 5.69 Å². The zero-order valence-corrected chi connectivity index (χ0v) is 20.3. The summed E-state index contributed by atoms with van der Waals surface area (Å²) < 4.78 is 12.6. The molecule has 0 aliphatic carbocycles. The van der Waals surface area contributed by atoms with Crippen LogP contribution in [0.1, 0.15) is 55.6 Å². The lowest BCUT2D eigenvalue weighted by molar-refractivity contribution is 0.00167. The number of ether oxygens (including phenoxy) is 2. The second-order valence-electron chi connectivity index (χ2n) is 9.41. The molecule has 0 aromatic carbocycles. The molecule has 10 heteroatoms. The fourth-order valence-electron chi connectivity index (χ4n) is 4.85. The lowest BCUT2D eigenvalue weighted by atomic mass is 9.96. The summed E-state index contributed by atoms with van der Waals surface area (Å²) in [7, 11) is 0. The predicted molar refractivity (Wildman–Crippen MR) is 128 cm³/mol. The van der Waals surface area contributed by atoms with Crippen LogP contribution >= 0.6 is 0 Å². The number of nitrogens with zero attached hydrogens (tertiary/aromatic N) is 3. The summed E-state index contributed by atoms with van der Waals surface area (Å²) in [6.07, 6.45) is 1.65. The summed E-state index contributed by atoms with van der Waals surface area (Å²) >= 11 is 0. The van der Waals surface area contributed by atoms with Crippen molar-refractivity contribution in [3.63, 3.8) is 0 Å². The Morgan fingerprint density at radius 3 is 2.65 bits per heavy atom. The Morgan fingerprint density at radius 2 is 2.00 bits per heavy atom. The normalized spacial score (nSPS) is 20.2. The van der Waals surface area contributed by atoms with Crippen molar-refractivity contribution in [2.45, 2.75) is 52.1 Å². The van der Waals surface area contributed by atoms with E-state index in [1.807, 2.05) is 20.8 Å². The van der Waals surface area contributed by atoms with E-state index in [9.17, 15) is 14.4 Å². The molecule has 2 N–H and O–H groups in total. The number of hydrogen-bond acceptors (Lipinski definition) is 7. The number of pyridine rings is 1. The summed E-state index contributed by atoms with van der Waals surface area (Å²) in [4.78, 5) is 48.1. The van der Waals surface area contributed by atoms with Crippen LogP contribution in [0, 0.1) is 5.92 Å². The minimum atomic E-state index is -0.589. The van der Waals surface area contributed by atoms with Gasteiger partial charge < -0.3 is 14.8 Å². The number of rotatable bonds is 8. The molecule has 2 aliphatic heterocycles. The number of morpholine rings is 1. The van der Waals surface area contributed by atoms with Crippen molar-refractivity contribution in [2.75, 3.05) is 46.1 Å². The third-order valence-corrected chi connectivity index (χ3v) is 6.75.